The predicted molar refractivity (Wildman–Crippen MR) is 77.6 cm³/mol. The molecule has 0 bridgehead atoms. The largest absolute Gasteiger partial charge is 0.314 e. The standard InChI is InChI=1S/C17H18F3N/c1-12(8-14-4-2-3-5-17(14)20)21-7-6-13-9-15(18)11-16(19)10-13/h2-5,9-12,21H,6-8H2,1H3. The van der Waals surface area contributed by atoms with Gasteiger partial charge in [0, 0.05) is 12.1 Å². The van der Waals surface area contributed by atoms with Crippen molar-refractivity contribution in [2.45, 2.75) is 25.8 Å². The summed E-state index contributed by atoms with van der Waals surface area (Å²) in [7, 11) is 0. The van der Waals surface area contributed by atoms with Crippen molar-refractivity contribution in [3.05, 3.63) is 71.0 Å². The quantitative estimate of drug-likeness (QED) is 0.852. The number of rotatable bonds is 6. The van der Waals surface area contributed by atoms with Crippen molar-refractivity contribution in [3.63, 3.8) is 0 Å². The molecule has 1 nitrogen and oxygen atoms in total. The molecule has 21 heavy (non-hydrogen) atoms. The van der Waals surface area contributed by atoms with Crippen LogP contribution in [0.25, 0.3) is 0 Å². The van der Waals surface area contributed by atoms with E-state index in [1.54, 1.807) is 18.2 Å². The van der Waals surface area contributed by atoms with Crippen molar-refractivity contribution >= 4 is 0 Å². The third kappa shape index (κ3) is 4.90. The number of nitrogens with one attached hydrogen (secondary N) is 1. The molecule has 0 aliphatic rings. The first-order valence-corrected chi connectivity index (χ1v) is 6.96. The molecule has 1 atom stereocenters. The zero-order valence-corrected chi connectivity index (χ0v) is 11.9. The van der Waals surface area contributed by atoms with Gasteiger partial charge in [-0.2, -0.15) is 0 Å². The van der Waals surface area contributed by atoms with Crippen molar-refractivity contribution in [2.24, 2.45) is 0 Å². The van der Waals surface area contributed by atoms with Crippen LogP contribution >= 0.6 is 0 Å². The van der Waals surface area contributed by atoms with E-state index >= 15 is 0 Å². The summed E-state index contributed by atoms with van der Waals surface area (Å²) in [6.45, 7) is 2.54. The Morgan fingerprint density at radius 1 is 1.00 bits per heavy atom. The lowest BCUT2D eigenvalue weighted by atomic mass is 10.1. The Morgan fingerprint density at radius 3 is 2.33 bits per heavy atom. The summed E-state index contributed by atoms with van der Waals surface area (Å²) in [6, 6.07) is 10.3. The summed E-state index contributed by atoms with van der Waals surface area (Å²) < 4.78 is 39.6. The van der Waals surface area contributed by atoms with Crippen LogP contribution in [0.1, 0.15) is 18.1 Å². The molecule has 1 N–H and O–H groups in total. The van der Waals surface area contributed by atoms with Crippen LogP contribution in [0.5, 0.6) is 0 Å². The van der Waals surface area contributed by atoms with Crippen LogP contribution in [0.3, 0.4) is 0 Å². The minimum Gasteiger partial charge on any atom is -0.314 e. The molecule has 2 aromatic rings. The van der Waals surface area contributed by atoms with E-state index in [9.17, 15) is 13.2 Å². The van der Waals surface area contributed by atoms with Crippen LogP contribution in [0.4, 0.5) is 13.2 Å². The smallest absolute Gasteiger partial charge is 0.126 e. The van der Waals surface area contributed by atoms with E-state index in [0.29, 0.717) is 30.5 Å². The van der Waals surface area contributed by atoms with Crippen molar-refractivity contribution in [3.8, 4) is 0 Å². The second kappa shape index (κ2) is 7.27. The number of benzene rings is 2. The summed E-state index contributed by atoms with van der Waals surface area (Å²) in [4.78, 5) is 0. The SMILES string of the molecule is CC(Cc1ccccc1F)NCCc1cc(F)cc(F)c1. The molecule has 0 saturated carbocycles. The lowest BCUT2D eigenvalue weighted by Crippen LogP contribution is -2.30. The van der Waals surface area contributed by atoms with E-state index in [4.69, 9.17) is 0 Å². The Kier molecular flexibility index (Phi) is 5.39. The van der Waals surface area contributed by atoms with Gasteiger partial charge >= 0.3 is 0 Å². The van der Waals surface area contributed by atoms with Crippen LogP contribution < -0.4 is 5.32 Å². The minimum atomic E-state index is -0.565. The van der Waals surface area contributed by atoms with Gasteiger partial charge in [0.15, 0.2) is 0 Å². The van der Waals surface area contributed by atoms with Gasteiger partial charge in [-0.15, -0.1) is 0 Å². The van der Waals surface area contributed by atoms with Gasteiger partial charge in [-0.3, -0.25) is 0 Å². The Balaban J connectivity index is 1.81. The lowest BCUT2D eigenvalue weighted by molar-refractivity contribution is 0.526. The highest BCUT2D eigenvalue weighted by Crippen LogP contribution is 2.10. The van der Waals surface area contributed by atoms with Gasteiger partial charge in [-0.1, -0.05) is 18.2 Å². The van der Waals surface area contributed by atoms with Gasteiger partial charge in [0.05, 0.1) is 0 Å². The molecule has 0 amide bonds. The highest BCUT2D eigenvalue weighted by atomic mass is 19.1. The van der Waals surface area contributed by atoms with E-state index in [1.807, 2.05) is 6.92 Å². The Morgan fingerprint density at radius 2 is 1.67 bits per heavy atom. The average Bonchev–Trinajstić information content (AvgIpc) is 2.40. The van der Waals surface area contributed by atoms with E-state index in [0.717, 1.165) is 6.07 Å². The Hall–Kier alpha value is -1.81. The summed E-state index contributed by atoms with van der Waals surface area (Å²) in [5, 5.41) is 3.23. The maximum atomic E-state index is 13.5. The lowest BCUT2D eigenvalue weighted by Gasteiger charge is -2.14. The highest BCUT2D eigenvalue weighted by Gasteiger charge is 2.07. The molecule has 0 aliphatic carbocycles. The van der Waals surface area contributed by atoms with E-state index in [2.05, 4.69) is 5.32 Å². The van der Waals surface area contributed by atoms with Gasteiger partial charge < -0.3 is 5.32 Å². The Bertz CT molecular complexity index is 578. The van der Waals surface area contributed by atoms with Crippen molar-refractivity contribution in [1.82, 2.24) is 5.32 Å². The topological polar surface area (TPSA) is 12.0 Å². The van der Waals surface area contributed by atoms with Crippen molar-refractivity contribution in [2.75, 3.05) is 6.54 Å². The fourth-order valence-corrected chi connectivity index (χ4v) is 2.28. The fourth-order valence-electron chi connectivity index (χ4n) is 2.28. The first kappa shape index (κ1) is 15.6. The number of hydrogen-bond acceptors (Lipinski definition) is 1. The van der Waals surface area contributed by atoms with E-state index < -0.39 is 11.6 Å². The number of hydrogen-bond donors (Lipinski definition) is 1. The second-order valence-electron chi connectivity index (χ2n) is 5.18. The maximum Gasteiger partial charge on any atom is 0.126 e. The zero-order chi connectivity index (χ0) is 15.2. The van der Waals surface area contributed by atoms with Gasteiger partial charge in [-0.05, 0) is 55.6 Å². The van der Waals surface area contributed by atoms with Gasteiger partial charge in [0.1, 0.15) is 17.5 Å². The summed E-state index contributed by atoms with van der Waals surface area (Å²) in [5.41, 5.74) is 1.27. The molecule has 0 fully saturated rings. The molecule has 0 spiro atoms. The molecule has 112 valence electrons. The monoisotopic (exact) mass is 293 g/mol. The zero-order valence-electron chi connectivity index (χ0n) is 11.9. The molecular formula is C17H18F3N. The summed E-state index contributed by atoms with van der Waals surface area (Å²) in [6.07, 6.45) is 1.10. The maximum absolute atomic E-state index is 13.5. The molecule has 2 aromatic carbocycles. The molecule has 1 unspecified atom stereocenters. The molecule has 0 saturated heterocycles. The third-order valence-corrected chi connectivity index (χ3v) is 3.31. The molecule has 0 heterocycles. The fraction of sp³-hybridized carbons (Fsp3) is 0.294. The first-order chi connectivity index (χ1) is 10.0. The number of halogens is 3. The third-order valence-electron chi connectivity index (χ3n) is 3.31. The van der Waals surface area contributed by atoms with Crippen LogP contribution in [-0.2, 0) is 12.8 Å². The minimum absolute atomic E-state index is 0.0836. The second-order valence-corrected chi connectivity index (χ2v) is 5.18. The molecular weight excluding hydrogens is 275 g/mol. The first-order valence-electron chi connectivity index (χ1n) is 6.96. The van der Waals surface area contributed by atoms with Gasteiger partial charge in [0.25, 0.3) is 0 Å². The normalized spacial score (nSPS) is 12.4. The molecule has 2 rings (SSSR count). The highest BCUT2D eigenvalue weighted by molar-refractivity contribution is 5.19. The Labute approximate surface area is 122 Å². The van der Waals surface area contributed by atoms with Gasteiger partial charge in [0.2, 0.25) is 0 Å². The van der Waals surface area contributed by atoms with Crippen LogP contribution in [-0.4, -0.2) is 12.6 Å². The van der Waals surface area contributed by atoms with Crippen molar-refractivity contribution in [1.29, 1.82) is 0 Å². The van der Waals surface area contributed by atoms with Crippen LogP contribution in [0.15, 0.2) is 42.5 Å². The van der Waals surface area contributed by atoms with Crippen molar-refractivity contribution < 1.29 is 13.2 Å². The van der Waals surface area contributed by atoms with Gasteiger partial charge in [-0.25, -0.2) is 13.2 Å². The predicted octanol–water partition coefficient (Wildman–Crippen LogP) is 3.87. The molecule has 4 heteroatoms. The average molecular weight is 293 g/mol. The molecule has 0 radical (unpaired) electrons. The van der Waals surface area contributed by atoms with Crippen LogP contribution in [0.2, 0.25) is 0 Å². The van der Waals surface area contributed by atoms with Crippen LogP contribution in [0, 0.1) is 17.5 Å². The summed E-state index contributed by atoms with van der Waals surface area (Å²) >= 11 is 0. The van der Waals surface area contributed by atoms with E-state index in [-0.39, 0.29) is 11.9 Å². The summed E-state index contributed by atoms with van der Waals surface area (Å²) in [5.74, 6) is -1.34. The van der Waals surface area contributed by atoms with E-state index in [1.165, 1.54) is 18.2 Å². The molecule has 0 aliphatic heterocycles. The molecule has 0 aromatic heterocycles.